The second kappa shape index (κ2) is 6.75. The number of nitrogens with zero attached hydrogens (tertiary/aromatic N) is 1. The first-order valence-corrected chi connectivity index (χ1v) is 12.6. The van der Waals surface area contributed by atoms with Crippen LogP contribution >= 0.6 is 0 Å². The van der Waals surface area contributed by atoms with Gasteiger partial charge in [0.1, 0.15) is 6.10 Å². The van der Waals surface area contributed by atoms with E-state index in [1.807, 2.05) is 37.3 Å². The van der Waals surface area contributed by atoms with E-state index in [2.05, 4.69) is 11.8 Å². The number of likely N-dealkylation sites (tertiary alicyclic amines) is 1. The summed E-state index contributed by atoms with van der Waals surface area (Å²) in [7, 11) is 0. The van der Waals surface area contributed by atoms with Crippen molar-refractivity contribution in [2.24, 2.45) is 5.92 Å². The average molecular weight is 446 g/mol. The summed E-state index contributed by atoms with van der Waals surface area (Å²) < 4.78 is 12.8. The van der Waals surface area contributed by atoms with Gasteiger partial charge < -0.3 is 14.6 Å². The Kier molecular flexibility index (Phi) is 4.07. The molecule has 2 heterocycles. The molecule has 5 nitrogen and oxygen atoms in total. The van der Waals surface area contributed by atoms with E-state index in [-0.39, 0.29) is 23.1 Å². The van der Waals surface area contributed by atoms with Crippen LogP contribution in [0.2, 0.25) is 0 Å². The largest absolute Gasteiger partial charge is 0.502 e. The Labute approximate surface area is 194 Å². The SMILES string of the molecule is Cc1c2c3c(c(O)c1OC(C)c1ccccc1)O[C@H]1C(=O)CC[C@H]4[C@@H](C2)N(C2CC2)CC[C@]314. The summed E-state index contributed by atoms with van der Waals surface area (Å²) in [4.78, 5) is 15.9. The van der Waals surface area contributed by atoms with Crippen LogP contribution in [0.1, 0.15) is 67.4 Å². The molecule has 5 aliphatic rings. The molecule has 1 spiro atoms. The lowest BCUT2D eigenvalue weighted by atomic mass is 9.51. The van der Waals surface area contributed by atoms with E-state index >= 15 is 0 Å². The van der Waals surface area contributed by atoms with Gasteiger partial charge in [-0.25, -0.2) is 0 Å². The molecule has 33 heavy (non-hydrogen) atoms. The number of aromatic hydroxyl groups is 1. The summed E-state index contributed by atoms with van der Waals surface area (Å²) >= 11 is 0. The monoisotopic (exact) mass is 445 g/mol. The summed E-state index contributed by atoms with van der Waals surface area (Å²) in [5.41, 5.74) is 4.18. The van der Waals surface area contributed by atoms with Crippen molar-refractivity contribution in [3.05, 3.63) is 52.6 Å². The molecule has 5 heteroatoms. The summed E-state index contributed by atoms with van der Waals surface area (Å²) in [6.07, 6.45) is 5.36. The minimum Gasteiger partial charge on any atom is -0.502 e. The molecule has 1 saturated heterocycles. The van der Waals surface area contributed by atoms with Crippen LogP contribution in [0, 0.1) is 12.8 Å². The van der Waals surface area contributed by atoms with Gasteiger partial charge in [0.05, 0.1) is 0 Å². The molecule has 3 fully saturated rings. The maximum Gasteiger partial charge on any atom is 0.201 e. The van der Waals surface area contributed by atoms with Crippen LogP contribution in [-0.4, -0.2) is 40.5 Å². The highest BCUT2D eigenvalue weighted by atomic mass is 16.5. The van der Waals surface area contributed by atoms with Gasteiger partial charge in [0.2, 0.25) is 5.75 Å². The van der Waals surface area contributed by atoms with E-state index in [1.54, 1.807) is 0 Å². The number of hydrogen-bond acceptors (Lipinski definition) is 5. The Morgan fingerprint density at radius 3 is 2.76 bits per heavy atom. The van der Waals surface area contributed by atoms with Crippen molar-refractivity contribution in [3.8, 4) is 17.2 Å². The maximum absolute atomic E-state index is 13.1. The zero-order valence-electron chi connectivity index (χ0n) is 19.3. The molecule has 1 N–H and O–H groups in total. The minimum atomic E-state index is -0.457. The van der Waals surface area contributed by atoms with Crippen LogP contribution in [0.4, 0.5) is 0 Å². The molecule has 0 radical (unpaired) electrons. The second-order valence-electron chi connectivity index (χ2n) is 10.8. The van der Waals surface area contributed by atoms with Crippen molar-refractivity contribution in [2.45, 2.75) is 82.1 Å². The van der Waals surface area contributed by atoms with Crippen molar-refractivity contribution in [1.29, 1.82) is 0 Å². The lowest BCUT2D eigenvalue weighted by Crippen LogP contribution is -2.66. The topological polar surface area (TPSA) is 59.0 Å². The van der Waals surface area contributed by atoms with Crippen LogP contribution in [0.25, 0.3) is 0 Å². The summed E-state index contributed by atoms with van der Waals surface area (Å²) in [6.45, 7) is 5.12. The molecule has 2 bridgehead atoms. The Hall–Kier alpha value is -2.53. The van der Waals surface area contributed by atoms with Gasteiger partial charge in [-0.3, -0.25) is 9.69 Å². The quantitative estimate of drug-likeness (QED) is 0.745. The molecule has 7 rings (SSSR count). The molecular weight excluding hydrogens is 414 g/mol. The molecule has 0 aromatic heterocycles. The smallest absolute Gasteiger partial charge is 0.201 e. The third kappa shape index (κ3) is 2.55. The number of ketones is 1. The summed E-state index contributed by atoms with van der Waals surface area (Å²) in [6, 6.07) is 11.2. The minimum absolute atomic E-state index is 0.0763. The number of rotatable bonds is 4. The first kappa shape index (κ1) is 19.9. The number of carbonyl (C=O) groups excluding carboxylic acids is 1. The highest BCUT2D eigenvalue weighted by molar-refractivity contribution is 5.89. The van der Waals surface area contributed by atoms with Gasteiger partial charge in [-0.2, -0.15) is 0 Å². The summed E-state index contributed by atoms with van der Waals surface area (Å²) in [5.74, 6) is 1.74. The number of piperidine rings is 1. The molecule has 1 unspecified atom stereocenters. The standard InChI is InChI=1S/C28H31NO4/c1-15-19-14-21-20-10-11-22(30)27-28(20,12-13-29(21)18-8-9-18)23(19)26(33-27)24(31)25(15)32-16(2)17-6-4-3-5-7-17/h3-7,16,18,20-21,27,31H,8-14H2,1-2H3/t16?,20-,21+,27-,28-/m0/s1. The molecular formula is C28H31NO4. The van der Waals surface area contributed by atoms with E-state index in [4.69, 9.17) is 9.47 Å². The predicted octanol–water partition coefficient (Wildman–Crippen LogP) is 4.61. The zero-order chi connectivity index (χ0) is 22.5. The molecule has 172 valence electrons. The number of phenolic OH excluding ortho intramolecular Hbond substituents is 1. The van der Waals surface area contributed by atoms with Crippen LogP contribution in [0.15, 0.2) is 30.3 Å². The fourth-order valence-electron chi connectivity index (χ4n) is 7.63. The highest BCUT2D eigenvalue weighted by Crippen LogP contribution is 2.66. The summed E-state index contributed by atoms with van der Waals surface area (Å²) in [5, 5.41) is 11.4. The number of benzene rings is 2. The van der Waals surface area contributed by atoms with E-state index in [9.17, 15) is 9.90 Å². The fourth-order valence-corrected chi connectivity index (χ4v) is 7.63. The van der Waals surface area contributed by atoms with Gasteiger partial charge in [-0.15, -0.1) is 0 Å². The fraction of sp³-hybridized carbons (Fsp3) is 0.536. The number of Topliss-reactive ketones (excluding diaryl/α,β-unsaturated/α-hetero) is 1. The maximum atomic E-state index is 13.1. The third-order valence-electron chi connectivity index (χ3n) is 9.24. The van der Waals surface area contributed by atoms with E-state index < -0.39 is 6.10 Å². The molecule has 2 saturated carbocycles. The van der Waals surface area contributed by atoms with Crippen LogP contribution < -0.4 is 9.47 Å². The van der Waals surface area contributed by atoms with Crippen molar-refractivity contribution in [1.82, 2.24) is 4.90 Å². The Bertz CT molecular complexity index is 1160. The Morgan fingerprint density at radius 1 is 1.21 bits per heavy atom. The third-order valence-corrected chi connectivity index (χ3v) is 9.24. The second-order valence-corrected chi connectivity index (χ2v) is 10.8. The van der Waals surface area contributed by atoms with Crippen LogP contribution in [0.5, 0.6) is 17.2 Å². The van der Waals surface area contributed by atoms with E-state index in [0.29, 0.717) is 35.9 Å². The van der Waals surface area contributed by atoms with Gasteiger partial charge in [-0.1, -0.05) is 30.3 Å². The van der Waals surface area contributed by atoms with E-state index in [1.165, 1.54) is 18.4 Å². The predicted molar refractivity (Wildman–Crippen MR) is 124 cm³/mol. The zero-order valence-corrected chi connectivity index (χ0v) is 19.3. The number of hydrogen-bond donors (Lipinski definition) is 1. The van der Waals surface area contributed by atoms with Crippen molar-refractivity contribution in [2.75, 3.05) is 6.54 Å². The van der Waals surface area contributed by atoms with Crippen LogP contribution in [-0.2, 0) is 16.6 Å². The number of phenols is 1. The van der Waals surface area contributed by atoms with Gasteiger partial charge in [0, 0.05) is 29.5 Å². The van der Waals surface area contributed by atoms with Crippen molar-refractivity contribution >= 4 is 5.78 Å². The Morgan fingerprint density at radius 2 is 2.00 bits per heavy atom. The van der Waals surface area contributed by atoms with Crippen LogP contribution in [0.3, 0.4) is 0 Å². The normalized spacial score (nSPS) is 32.8. The van der Waals surface area contributed by atoms with Gasteiger partial charge in [0.25, 0.3) is 0 Å². The lowest BCUT2D eigenvalue weighted by molar-refractivity contribution is -0.139. The molecule has 3 aliphatic carbocycles. The average Bonchev–Trinajstić information content (AvgIpc) is 3.60. The lowest BCUT2D eigenvalue weighted by Gasteiger charge is -2.58. The van der Waals surface area contributed by atoms with Gasteiger partial charge >= 0.3 is 0 Å². The first-order valence-electron chi connectivity index (χ1n) is 12.6. The van der Waals surface area contributed by atoms with E-state index in [0.717, 1.165) is 42.5 Å². The van der Waals surface area contributed by atoms with Gasteiger partial charge in [0.15, 0.2) is 23.4 Å². The number of ether oxygens (including phenoxy) is 2. The molecule has 2 aromatic carbocycles. The molecule has 5 atom stereocenters. The molecule has 0 amide bonds. The molecule has 2 aromatic rings. The van der Waals surface area contributed by atoms with Crippen molar-refractivity contribution in [3.63, 3.8) is 0 Å². The van der Waals surface area contributed by atoms with Crippen molar-refractivity contribution < 1.29 is 19.4 Å². The molecule has 2 aliphatic heterocycles. The highest BCUT2D eigenvalue weighted by Gasteiger charge is 2.67. The first-order chi connectivity index (χ1) is 16.0. The Balaban J connectivity index is 1.38. The van der Waals surface area contributed by atoms with Gasteiger partial charge in [-0.05, 0) is 75.1 Å². The number of carbonyl (C=O) groups is 1.